The first-order chi connectivity index (χ1) is 10.1. The average molecular weight is 305 g/mol. The zero-order valence-electron chi connectivity index (χ0n) is 12.1. The molecule has 0 aliphatic heterocycles. The van der Waals surface area contributed by atoms with Crippen LogP contribution in [0.5, 0.6) is 5.75 Å². The normalized spacial score (nSPS) is 12.1. The topological polar surface area (TPSA) is 58.6 Å². The summed E-state index contributed by atoms with van der Waals surface area (Å²) in [6.07, 6.45) is 0.862. The van der Waals surface area contributed by atoms with Crippen LogP contribution >= 0.6 is 11.3 Å². The van der Waals surface area contributed by atoms with Crippen molar-refractivity contribution < 1.29 is 14.6 Å². The summed E-state index contributed by atoms with van der Waals surface area (Å²) in [5.41, 5.74) is 1.52. The van der Waals surface area contributed by atoms with Crippen molar-refractivity contribution in [3.8, 4) is 5.75 Å². The Balaban J connectivity index is 1.89. The summed E-state index contributed by atoms with van der Waals surface area (Å²) in [7, 11) is 1.68. The van der Waals surface area contributed by atoms with Crippen LogP contribution < -0.4 is 10.1 Å². The molecule has 0 bridgehead atoms. The summed E-state index contributed by atoms with van der Waals surface area (Å²) < 4.78 is 5.35. The van der Waals surface area contributed by atoms with Gasteiger partial charge in [-0.15, -0.1) is 11.3 Å². The Bertz CT molecular complexity index is 609. The van der Waals surface area contributed by atoms with Gasteiger partial charge in [-0.1, -0.05) is 18.2 Å². The first-order valence-electron chi connectivity index (χ1n) is 6.76. The molecule has 0 aliphatic carbocycles. The molecule has 0 saturated carbocycles. The molecule has 112 valence electrons. The highest BCUT2D eigenvalue weighted by atomic mass is 32.1. The average Bonchev–Trinajstić information content (AvgIpc) is 2.95. The minimum absolute atomic E-state index is 0.275. The number of thiophene rings is 1. The van der Waals surface area contributed by atoms with Crippen LogP contribution in [-0.4, -0.2) is 24.2 Å². The highest BCUT2D eigenvalue weighted by Crippen LogP contribution is 2.19. The molecule has 1 atom stereocenters. The van der Waals surface area contributed by atoms with E-state index in [1.807, 2.05) is 18.2 Å². The quantitative estimate of drug-likeness (QED) is 0.825. The van der Waals surface area contributed by atoms with Crippen molar-refractivity contribution in [2.24, 2.45) is 0 Å². The van der Waals surface area contributed by atoms with Crippen LogP contribution in [0.3, 0.4) is 0 Å². The smallest absolute Gasteiger partial charge is 0.336 e. The number of ether oxygens (including phenoxy) is 1. The Kier molecular flexibility index (Phi) is 5.36. The van der Waals surface area contributed by atoms with Crippen LogP contribution in [-0.2, 0) is 13.0 Å². The number of carboxylic acid groups (broad SMARTS) is 1. The van der Waals surface area contributed by atoms with Crippen LogP contribution in [0.1, 0.15) is 27.7 Å². The lowest BCUT2D eigenvalue weighted by Crippen LogP contribution is -2.27. The number of hydrogen-bond donors (Lipinski definition) is 2. The van der Waals surface area contributed by atoms with Gasteiger partial charge in [0.2, 0.25) is 0 Å². The van der Waals surface area contributed by atoms with Gasteiger partial charge in [0, 0.05) is 22.8 Å². The number of carboxylic acids is 1. The maximum absolute atomic E-state index is 10.8. The monoisotopic (exact) mass is 305 g/mol. The Hall–Kier alpha value is -1.85. The number of hydrogen-bond acceptors (Lipinski definition) is 4. The standard InChI is InChI=1S/C16H19NO3S/c1-11(7-12-5-3-4-6-15(12)20-2)17-9-14-8-13(10-21-14)16(18)19/h3-6,8,10-11,17H,7,9H2,1-2H3,(H,18,19). The Morgan fingerprint density at radius 1 is 1.43 bits per heavy atom. The predicted octanol–water partition coefficient (Wildman–Crippen LogP) is 3.18. The van der Waals surface area contributed by atoms with Gasteiger partial charge < -0.3 is 15.2 Å². The first kappa shape index (κ1) is 15.5. The molecule has 1 unspecified atom stereocenters. The molecular formula is C16H19NO3S. The summed E-state index contributed by atoms with van der Waals surface area (Å²) in [5, 5.41) is 14.0. The van der Waals surface area contributed by atoms with Gasteiger partial charge in [0.15, 0.2) is 0 Å². The van der Waals surface area contributed by atoms with Crippen molar-refractivity contribution in [1.82, 2.24) is 5.32 Å². The number of benzene rings is 1. The van der Waals surface area contributed by atoms with Crippen molar-refractivity contribution in [2.45, 2.75) is 25.9 Å². The Labute approximate surface area is 128 Å². The van der Waals surface area contributed by atoms with Gasteiger partial charge in [-0.3, -0.25) is 0 Å². The van der Waals surface area contributed by atoms with Gasteiger partial charge in [0.05, 0.1) is 12.7 Å². The first-order valence-corrected chi connectivity index (χ1v) is 7.64. The van der Waals surface area contributed by atoms with Crippen molar-refractivity contribution in [2.75, 3.05) is 7.11 Å². The second kappa shape index (κ2) is 7.24. The van der Waals surface area contributed by atoms with E-state index >= 15 is 0 Å². The summed E-state index contributed by atoms with van der Waals surface area (Å²) in [6, 6.07) is 9.97. The Morgan fingerprint density at radius 3 is 2.86 bits per heavy atom. The molecule has 4 nitrogen and oxygen atoms in total. The van der Waals surface area contributed by atoms with E-state index in [1.54, 1.807) is 18.6 Å². The van der Waals surface area contributed by atoms with Crippen molar-refractivity contribution in [1.29, 1.82) is 0 Å². The summed E-state index contributed by atoms with van der Waals surface area (Å²) in [5.74, 6) is 0.0232. The fourth-order valence-electron chi connectivity index (χ4n) is 2.13. The van der Waals surface area contributed by atoms with E-state index in [0.29, 0.717) is 12.1 Å². The lowest BCUT2D eigenvalue weighted by atomic mass is 10.1. The molecule has 0 spiro atoms. The zero-order chi connectivity index (χ0) is 15.2. The minimum atomic E-state index is -0.875. The minimum Gasteiger partial charge on any atom is -0.496 e. The number of carbonyl (C=O) groups is 1. The molecule has 5 heteroatoms. The molecule has 0 fully saturated rings. The molecule has 1 aromatic heterocycles. The van der Waals surface area contributed by atoms with Gasteiger partial charge in [-0.25, -0.2) is 4.79 Å². The van der Waals surface area contributed by atoms with E-state index in [9.17, 15) is 4.79 Å². The van der Waals surface area contributed by atoms with E-state index < -0.39 is 5.97 Å². The van der Waals surface area contributed by atoms with Crippen molar-refractivity contribution in [3.63, 3.8) is 0 Å². The molecule has 2 aromatic rings. The van der Waals surface area contributed by atoms with E-state index in [-0.39, 0.29) is 6.04 Å². The van der Waals surface area contributed by atoms with E-state index in [2.05, 4.69) is 18.3 Å². The number of aromatic carboxylic acids is 1. The van der Waals surface area contributed by atoms with Gasteiger partial charge in [-0.05, 0) is 31.0 Å². The third-order valence-electron chi connectivity index (χ3n) is 3.24. The summed E-state index contributed by atoms with van der Waals surface area (Å²) >= 11 is 1.47. The maximum atomic E-state index is 10.8. The second-order valence-electron chi connectivity index (χ2n) is 4.90. The fraction of sp³-hybridized carbons (Fsp3) is 0.312. The van der Waals surface area contributed by atoms with E-state index in [4.69, 9.17) is 9.84 Å². The molecule has 0 amide bonds. The maximum Gasteiger partial charge on any atom is 0.336 e. The van der Waals surface area contributed by atoms with E-state index in [0.717, 1.165) is 22.6 Å². The SMILES string of the molecule is COc1ccccc1CC(C)NCc1cc(C(=O)O)cs1. The molecule has 0 saturated heterocycles. The fourth-order valence-corrected chi connectivity index (χ4v) is 2.94. The lowest BCUT2D eigenvalue weighted by Gasteiger charge is -2.15. The molecule has 0 aliphatic rings. The number of nitrogens with one attached hydrogen (secondary N) is 1. The van der Waals surface area contributed by atoms with Gasteiger partial charge >= 0.3 is 5.97 Å². The van der Waals surface area contributed by atoms with Crippen LogP contribution in [0.4, 0.5) is 0 Å². The molecule has 1 heterocycles. The van der Waals surface area contributed by atoms with Crippen molar-refractivity contribution in [3.05, 3.63) is 51.7 Å². The van der Waals surface area contributed by atoms with Crippen molar-refractivity contribution >= 4 is 17.3 Å². The van der Waals surface area contributed by atoms with Crippen LogP contribution in [0, 0.1) is 0 Å². The third kappa shape index (κ3) is 4.31. The number of rotatable bonds is 7. The summed E-state index contributed by atoms with van der Waals surface area (Å²) in [6.45, 7) is 2.78. The van der Waals surface area contributed by atoms with Gasteiger partial charge in [0.1, 0.15) is 5.75 Å². The molecular weight excluding hydrogens is 286 g/mol. The highest BCUT2D eigenvalue weighted by Gasteiger charge is 2.10. The molecule has 21 heavy (non-hydrogen) atoms. The molecule has 2 N–H and O–H groups in total. The van der Waals surface area contributed by atoms with Crippen LogP contribution in [0.15, 0.2) is 35.7 Å². The zero-order valence-corrected chi connectivity index (χ0v) is 12.9. The largest absolute Gasteiger partial charge is 0.496 e. The Morgan fingerprint density at radius 2 is 2.19 bits per heavy atom. The predicted molar refractivity (Wildman–Crippen MR) is 84.3 cm³/mol. The number of para-hydroxylation sites is 1. The van der Waals surface area contributed by atoms with Crippen LogP contribution in [0.25, 0.3) is 0 Å². The molecule has 0 radical (unpaired) electrons. The van der Waals surface area contributed by atoms with Crippen LogP contribution in [0.2, 0.25) is 0 Å². The number of methoxy groups -OCH3 is 1. The molecule has 1 aromatic carbocycles. The summed E-state index contributed by atoms with van der Waals surface area (Å²) in [4.78, 5) is 11.9. The highest BCUT2D eigenvalue weighted by molar-refractivity contribution is 7.10. The van der Waals surface area contributed by atoms with Gasteiger partial charge in [-0.2, -0.15) is 0 Å². The molecule has 2 rings (SSSR count). The van der Waals surface area contributed by atoms with E-state index in [1.165, 1.54) is 11.3 Å². The third-order valence-corrected chi connectivity index (χ3v) is 4.18. The second-order valence-corrected chi connectivity index (χ2v) is 5.90. The van der Waals surface area contributed by atoms with Gasteiger partial charge in [0.25, 0.3) is 0 Å². The lowest BCUT2D eigenvalue weighted by molar-refractivity contribution is 0.0697.